The highest BCUT2D eigenvalue weighted by atomic mass is 35.5. The van der Waals surface area contributed by atoms with E-state index in [1.165, 1.54) is 17.7 Å². The zero-order valence-electron chi connectivity index (χ0n) is 17.9. The number of amides is 1. The predicted octanol–water partition coefficient (Wildman–Crippen LogP) is 4.69. The fourth-order valence-electron chi connectivity index (χ4n) is 3.08. The van der Waals surface area contributed by atoms with Crippen LogP contribution in [0.1, 0.15) is 5.56 Å². The third-order valence-electron chi connectivity index (χ3n) is 4.78. The highest BCUT2D eigenvalue weighted by Crippen LogP contribution is 2.30. The van der Waals surface area contributed by atoms with Crippen LogP contribution in [0.15, 0.2) is 83.3 Å². The average molecular weight is 473 g/mol. The molecule has 0 aliphatic heterocycles. The van der Waals surface area contributed by atoms with Crippen LogP contribution in [0.5, 0.6) is 17.4 Å². The predicted molar refractivity (Wildman–Crippen MR) is 128 cm³/mol. The van der Waals surface area contributed by atoms with E-state index in [1.807, 2.05) is 6.07 Å². The van der Waals surface area contributed by atoms with Crippen LogP contribution in [0.2, 0.25) is 5.02 Å². The van der Waals surface area contributed by atoms with Gasteiger partial charge >= 0.3 is 0 Å². The summed E-state index contributed by atoms with van der Waals surface area (Å²) >= 11 is 6.20. The number of rotatable bonds is 6. The van der Waals surface area contributed by atoms with Gasteiger partial charge in [0.25, 0.3) is 11.5 Å². The maximum atomic E-state index is 13.2. The van der Waals surface area contributed by atoms with Crippen LogP contribution < -0.4 is 20.3 Å². The molecule has 1 amide bonds. The standard InChI is InChI=1S/C25H17ClN4O4/c1-33-18-11-9-17(10-12-18)28-23(31)16(15-27)14-19-24(34-21-7-3-2-6-20(21)26)29-22-8-4-5-13-30(22)25(19)32/h2-14H,1H3,(H,28,31). The number of halogens is 1. The minimum atomic E-state index is -0.700. The number of benzene rings is 2. The minimum Gasteiger partial charge on any atom is -0.497 e. The number of carbonyl (C=O) groups is 1. The summed E-state index contributed by atoms with van der Waals surface area (Å²) in [6, 6.07) is 20.1. The first kappa shape index (κ1) is 22.6. The summed E-state index contributed by atoms with van der Waals surface area (Å²) in [5, 5.41) is 12.6. The van der Waals surface area contributed by atoms with Crippen molar-refractivity contribution in [1.29, 1.82) is 5.26 Å². The second kappa shape index (κ2) is 9.90. The summed E-state index contributed by atoms with van der Waals surface area (Å²) in [6.45, 7) is 0. The number of hydrogen-bond acceptors (Lipinski definition) is 6. The summed E-state index contributed by atoms with van der Waals surface area (Å²) < 4.78 is 12.2. The van der Waals surface area contributed by atoms with Crippen LogP contribution in [0.25, 0.3) is 11.7 Å². The third-order valence-corrected chi connectivity index (χ3v) is 5.09. The van der Waals surface area contributed by atoms with Gasteiger partial charge in [0.15, 0.2) is 0 Å². The monoisotopic (exact) mass is 472 g/mol. The summed E-state index contributed by atoms with van der Waals surface area (Å²) in [5.41, 5.74) is -0.127. The zero-order chi connectivity index (χ0) is 24.1. The van der Waals surface area contributed by atoms with Gasteiger partial charge < -0.3 is 14.8 Å². The molecular weight excluding hydrogens is 456 g/mol. The average Bonchev–Trinajstić information content (AvgIpc) is 2.86. The normalized spacial score (nSPS) is 11.0. The van der Waals surface area contributed by atoms with Crippen LogP contribution >= 0.6 is 11.6 Å². The van der Waals surface area contributed by atoms with E-state index in [0.29, 0.717) is 22.1 Å². The van der Waals surface area contributed by atoms with E-state index in [2.05, 4.69) is 10.3 Å². The van der Waals surface area contributed by atoms with Crippen LogP contribution in [0.3, 0.4) is 0 Å². The first-order valence-electron chi connectivity index (χ1n) is 10.0. The Balaban J connectivity index is 1.78. The Morgan fingerprint density at radius 1 is 1.12 bits per heavy atom. The maximum Gasteiger partial charge on any atom is 0.269 e. The molecule has 2 aromatic heterocycles. The number of pyridine rings is 1. The fourth-order valence-corrected chi connectivity index (χ4v) is 3.26. The highest BCUT2D eigenvalue weighted by Gasteiger charge is 2.18. The molecule has 2 aromatic carbocycles. The number of aromatic nitrogens is 2. The Morgan fingerprint density at radius 3 is 2.56 bits per heavy atom. The Morgan fingerprint density at radius 2 is 1.85 bits per heavy atom. The Kier molecular flexibility index (Phi) is 6.57. The van der Waals surface area contributed by atoms with Gasteiger partial charge in [-0.2, -0.15) is 10.2 Å². The van der Waals surface area contributed by atoms with Crippen molar-refractivity contribution in [1.82, 2.24) is 9.38 Å². The third kappa shape index (κ3) is 4.75. The molecule has 0 spiro atoms. The molecule has 4 rings (SSSR count). The number of methoxy groups -OCH3 is 1. The summed E-state index contributed by atoms with van der Waals surface area (Å²) in [7, 11) is 1.53. The SMILES string of the molecule is COc1ccc(NC(=O)C(C#N)=Cc2c(Oc3ccccc3Cl)nc3ccccn3c2=O)cc1. The van der Waals surface area contributed by atoms with Gasteiger partial charge in [-0.3, -0.25) is 14.0 Å². The molecule has 9 heteroatoms. The smallest absolute Gasteiger partial charge is 0.269 e. The number of anilines is 1. The Hall–Kier alpha value is -4.61. The quantitative estimate of drug-likeness (QED) is 0.322. The number of ether oxygens (including phenoxy) is 2. The summed E-state index contributed by atoms with van der Waals surface area (Å²) in [5.74, 6) is 0.0982. The summed E-state index contributed by atoms with van der Waals surface area (Å²) in [6.07, 6.45) is 2.69. The van der Waals surface area contributed by atoms with Gasteiger partial charge in [0.1, 0.15) is 34.4 Å². The molecule has 0 bridgehead atoms. The van der Waals surface area contributed by atoms with Gasteiger partial charge in [0, 0.05) is 11.9 Å². The van der Waals surface area contributed by atoms with E-state index in [-0.39, 0.29) is 22.8 Å². The molecular formula is C25H17ClN4O4. The van der Waals surface area contributed by atoms with Gasteiger partial charge in [0.05, 0.1) is 12.1 Å². The van der Waals surface area contributed by atoms with Crippen molar-refractivity contribution < 1.29 is 14.3 Å². The lowest BCUT2D eigenvalue weighted by Gasteiger charge is -2.11. The van der Waals surface area contributed by atoms with Crippen molar-refractivity contribution in [3.8, 4) is 23.4 Å². The zero-order valence-corrected chi connectivity index (χ0v) is 18.6. The fraction of sp³-hybridized carbons (Fsp3) is 0.0400. The molecule has 0 radical (unpaired) electrons. The van der Waals surface area contributed by atoms with Crippen LogP contribution in [0.4, 0.5) is 5.69 Å². The minimum absolute atomic E-state index is 0.0787. The van der Waals surface area contributed by atoms with Gasteiger partial charge in [-0.15, -0.1) is 0 Å². The topological polar surface area (TPSA) is 106 Å². The van der Waals surface area contributed by atoms with Gasteiger partial charge in [-0.25, -0.2) is 0 Å². The van der Waals surface area contributed by atoms with E-state index < -0.39 is 11.5 Å². The van der Waals surface area contributed by atoms with E-state index in [4.69, 9.17) is 21.1 Å². The van der Waals surface area contributed by atoms with E-state index in [1.54, 1.807) is 66.7 Å². The van der Waals surface area contributed by atoms with Crippen LogP contribution in [-0.2, 0) is 4.79 Å². The maximum absolute atomic E-state index is 13.2. The molecule has 1 N–H and O–H groups in total. The van der Waals surface area contributed by atoms with Crippen LogP contribution in [-0.4, -0.2) is 22.4 Å². The van der Waals surface area contributed by atoms with E-state index >= 15 is 0 Å². The number of fused-ring (bicyclic) bond motifs is 1. The van der Waals surface area contributed by atoms with Gasteiger partial charge in [0.2, 0.25) is 5.88 Å². The molecule has 168 valence electrons. The number of nitriles is 1. The lowest BCUT2D eigenvalue weighted by Crippen LogP contribution is -2.20. The number of para-hydroxylation sites is 1. The molecule has 4 aromatic rings. The van der Waals surface area contributed by atoms with Crippen molar-refractivity contribution >= 4 is 34.9 Å². The first-order valence-corrected chi connectivity index (χ1v) is 10.4. The lowest BCUT2D eigenvalue weighted by molar-refractivity contribution is -0.112. The number of carbonyl (C=O) groups excluding carboxylic acids is 1. The Bertz CT molecular complexity index is 1500. The second-order valence-corrected chi connectivity index (χ2v) is 7.36. The summed E-state index contributed by atoms with van der Waals surface area (Å²) in [4.78, 5) is 30.4. The molecule has 0 saturated heterocycles. The second-order valence-electron chi connectivity index (χ2n) is 6.95. The molecule has 34 heavy (non-hydrogen) atoms. The van der Waals surface area contributed by atoms with Crippen molar-refractivity contribution in [2.45, 2.75) is 0 Å². The number of nitrogens with one attached hydrogen (secondary N) is 1. The molecule has 0 aliphatic carbocycles. The van der Waals surface area contributed by atoms with Crippen molar-refractivity contribution in [2.24, 2.45) is 0 Å². The van der Waals surface area contributed by atoms with Crippen molar-refractivity contribution in [2.75, 3.05) is 12.4 Å². The number of hydrogen-bond donors (Lipinski definition) is 1. The molecule has 0 atom stereocenters. The molecule has 0 fully saturated rings. The van der Waals surface area contributed by atoms with Gasteiger partial charge in [-0.05, 0) is 54.6 Å². The van der Waals surface area contributed by atoms with E-state index in [9.17, 15) is 14.9 Å². The molecule has 0 aliphatic rings. The van der Waals surface area contributed by atoms with Gasteiger partial charge in [-0.1, -0.05) is 29.8 Å². The van der Waals surface area contributed by atoms with Crippen molar-refractivity contribution in [3.05, 3.63) is 99.4 Å². The molecule has 2 heterocycles. The first-order chi connectivity index (χ1) is 16.5. The number of nitrogens with zero attached hydrogens (tertiary/aromatic N) is 3. The van der Waals surface area contributed by atoms with Crippen LogP contribution in [0, 0.1) is 11.3 Å². The van der Waals surface area contributed by atoms with Crippen molar-refractivity contribution in [3.63, 3.8) is 0 Å². The van der Waals surface area contributed by atoms with E-state index in [0.717, 1.165) is 6.08 Å². The largest absolute Gasteiger partial charge is 0.497 e. The molecule has 8 nitrogen and oxygen atoms in total. The Labute approximate surface area is 199 Å². The highest BCUT2D eigenvalue weighted by molar-refractivity contribution is 6.32. The molecule has 0 saturated carbocycles. The molecule has 0 unspecified atom stereocenters. The lowest BCUT2D eigenvalue weighted by atomic mass is 10.1.